The van der Waals surface area contributed by atoms with Crippen molar-refractivity contribution in [1.29, 1.82) is 0 Å². The standard InChI is InChI=1S/C18H33O2S/c19-14-10-12-16(13-11-14)21(15-6-2-1-3-7-15)18-9-5-4-8-17(18)20/h14-20H,1-13H2/q+1. The van der Waals surface area contributed by atoms with Gasteiger partial charge >= 0.3 is 0 Å². The summed E-state index contributed by atoms with van der Waals surface area (Å²) in [5.74, 6) is 0. The van der Waals surface area contributed by atoms with Crippen LogP contribution in [0, 0.1) is 0 Å². The minimum Gasteiger partial charge on any atom is -0.393 e. The average molecular weight is 314 g/mol. The summed E-state index contributed by atoms with van der Waals surface area (Å²) in [5.41, 5.74) is 0. The summed E-state index contributed by atoms with van der Waals surface area (Å²) in [5, 5.41) is 22.7. The first kappa shape index (κ1) is 16.1. The van der Waals surface area contributed by atoms with Crippen molar-refractivity contribution in [3.05, 3.63) is 0 Å². The second-order valence-electron chi connectivity index (χ2n) is 7.49. The smallest absolute Gasteiger partial charge is 0.144 e. The van der Waals surface area contributed by atoms with Gasteiger partial charge in [-0.25, -0.2) is 0 Å². The van der Waals surface area contributed by atoms with Gasteiger partial charge in [-0.1, -0.05) is 12.8 Å². The first-order valence-electron chi connectivity index (χ1n) is 9.32. The van der Waals surface area contributed by atoms with E-state index in [2.05, 4.69) is 0 Å². The molecule has 0 saturated heterocycles. The molecule has 3 saturated carbocycles. The molecule has 2 nitrogen and oxygen atoms in total. The van der Waals surface area contributed by atoms with Crippen LogP contribution < -0.4 is 0 Å². The Morgan fingerprint density at radius 3 is 1.81 bits per heavy atom. The van der Waals surface area contributed by atoms with E-state index in [4.69, 9.17) is 0 Å². The summed E-state index contributed by atoms with van der Waals surface area (Å²) in [4.78, 5) is 0. The number of hydrogen-bond donors (Lipinski definition) is 2. The van der Waals surface area contributed by atoms with Crippen molar-refractivity contribution in [2.45, 2.75) is 111 Å². The monoisotopic (exact) mass is 313 g/mol. The highest BCUT2D eigenvalue weighted by Crippen LogP contribution is 2.40. The van der Waals surface area contributed by atoms with Crippen LogP contribution in [0.25, 0.3) is 0 Å². The molecule has 0 bridgehead atoms. The first-order valence-corrected chi connectivity index (χ1v) is 10.7. The van der Waals surface area contributed by atoms with Gasteiger partial charge in [-0.2, -0.15) is 0 Å². The van der Waals surface area contributed by atoms with Gasteiger partial charge in [0.15, 0.2) is 0 Å². The van der Waals surface area contributed by atoms with Crippen LogP contribution in [0.2, 0.25) is 0 Å². The van der Waals surface area contributed by atoms with E-state index in [0.29, 0.717) is 16.1 Å². The van der Waals surface area contributed by atoms with Gasteiger partial charge in [0.2, 0.25) is 0 Å². The summed E-state index contributed by atoms with van der Waals surface area (Å²) in [7, 11) is 0.410. The SMILES string of the molecule is OC1CCC([S+](C2CCCCC2)C2CCCCC2O)CC1. The zero-order valence-corrected chi connectivity index (χ0v) is 14.2. The molecule has 0 heterocycles. The molecule has 3 fully saturated rings. The maximum atomic E-state index is 10.6. The third kappa shape index (κ3) is 3.97. The molecule has 2 N–H and O–H groups in total. The van der Waals surface area contributed by atoms with E-state index in [1.165, 1.54) is 64.2 Å². The Labute approximate surface area is 133 Å². The highest BCUT2D eigenvalue weighted by molar-refractivity contribution is 7.98. The van der Waals surface area contributed by atoms with Gasteiger partial charge in [-0.05, 0) is 81.5 Å². The van der Waals surface area contributed by atoms with Crippen LogP contribution in [0.3, 0.4) is 0 Å². The van der Waals surface area contributed by atoms with Crippen molar-refractivity contribution in [1.82, 2.24) is 0 Å². The lowest BCUT2D eigenvalue weighted by atomic mass is 9.96. The van der Waals surface area contributed by atoms with Gasteiger partial charge in [0, 0.05) is 0 Å². The largest absolute Gasteiger partial charge is 0.393 e. The van der Waals surface area contributed by atoms with E-state index in [0.717, 1.165) is 29.8 Å². The lowest BCUT2D eigenvalue weighted by Crippen LogP contribution is -2.49. The summed E-state index contributed by atoms with van der Waals surface area (Å²) < 4.78 is 0. The number of hydrogen-bond acceptors (Lipinski definition) is 2. The summed E-state index contributed by atoms with van der Waals surface area (Å²) in [6.45, 7) is 0. The molecule has 3 heteroatoms. The molecule has 21 heavy (non-hydrogen) atoms. The summed E-state index contributed by atoms with van der Waals surface area (Å²) >= 11 is 0. The van der Waals surface area contributed by atoms with Crippen LogP contribution in [0.5, 0.6) is 0 Å². The fourth-order valence-electron chi connectivity index (χ4n) is 4.82. The van der Waals surface area contributed by atoms with Crippen LogP contribution in [0.1, 0.15) is 83.5 Å². The van der Waals surface area contributed by atoms with Crippen molar-refractivity contribution < 1.29 is 10.2 Å². The third-order valence-corrected chi connectivity index (χ3v) is 9.71. The van der Waals surface area contributed by atoms with Crippen LogP contribution in [-0.4, -0.2) is 38.2 Å². The van der Waals surface area contributed by atoms with Gasteiger partial charge < -0.3 is 10.2 Å². The predicted molar refractivity (Wildman–Crippen MR) is 90.8 cm³/mol. The second kappa shape index (κ2) is 7.70. The number of aliphatic hydroxyl groups is 2. The van der Waals surface area contributed by atoms with Crippen LogP contribution >= 0.6 is 0 Å². The van der Waals surface area contributed by atoms with E-state index in [1.807, 2.05) is 0 Å². The number of aliphatic hydroxyl groups excluding tert-OH is 2. The third-order valence-electron chi connectivity index (χ3n) is 5.98. The van der Waals surface area contributed by atoms with E-state index in [1.54, 1.807) is 0 Å². The molecule has 0 aromatic heterocycles. The van der Waals surface area contributed by atoms with Crippen molar-refractivity contribution >= 4 is 10.9 Å². The molecular weight excluding hydrogens is 280 g/mol. The molecule has 0 aromatic carbocycles. The molecule has 0 radical (unpaired) electrons. The Hall–Kier alpha value is 0.270. The fourth-order valence-corrected chi connectivity index (χ4v) is 8.98. The predicted octanol–water partition coefficient (Wildman–Crippen LogP) is 3.54. The molecule has 0 amide bonds. The summed E-state index contributed by atoms with van der Waals surface area (Å²) in [6.07, 6.45) is 16.3. The average Bonchev–Trinajstić information content (AvgIpc) is 2.52. The summed E-state index contributed by atoms with van der Waals surface area (Å²) in [6, 6.07) is 0. The maximum Gasteiger partial charge on any atom is 0.144 e. The molecule has 3 aliphatic carbocycles. The molecule has 3 rings (SSSR count). The molecular formula is C18H33O2S+. The molecule has 3 unspecified atom stereocenters. The minimum absolute atomic E-state index is 0.0316. The van der Waals surface area contributed by atoms with Crippen molar-refractivity contribution in [3.63, 3.8) is 0 Å². The molecule has 122 valence electrons. The van der Waals surface area contributed by atoms with Gasteiger partial charge in [0.1, 0.15) is 21.9 Å². The highest BCUT2D eigenvalue weighted by Gasteiger charge is 2.48. The zero-order valence-electron chi connectivity index (χ0n) is 13.4. The zero-order chi connectivity index (χ0) is 14.7. The first-order chi connectivity index (χ1) is 10.3. The van der Waals surface area contributed by atoms with E-state index >= 15 is 0 Å². The van der Waals surface area contributed by atoms with E-state index < -0.39 is 0 Å². The van der Waals surface area contributed by atoms with Gasteiger partial charge in [-0.3, -0.25) is 0 Å². The van der Waals surface area contributed by atoms with Crippen molar-refractivity contribution in [3.8, 4) is 0 Å². The molecule has 3 atom stereocenters. The Morgan fingerprint density at radius 2 is 1.14 bits per heavy atom. The Kier molecular flexibility index (Phi) is 5.92. The normalized spacial score (nSPS) is 40.9. The van der Waals surface area contributed by atoms with Crippen LogP contribution in [-0.2, 0) is 10.9 Å². The quantitative estimate of drug-likeness (QED) is 0.782. The molecule has 3 aliphatic rings. The molecule has 0 aliphatic heterocycles. The minimum atomic E-state index is -0.0469. The molecule has 0 aromatic rings. The second-order valence-corrected chi connectivity index (χ2v) is 10.2. The Morgan fingerprint density at radius 1 is 0.571 bits per heavy atom. The number of rotatable bonds is 3. The lowest BCUT2D eigenvalue weighted by molar-refractivity contribution is 0.127. The van der Waals surface area contributed by atoms with E-state index in [-0.39, 0.29) is 12.2 Å². The van der Waals surface area contributed by atoms with Gasteiger partial charge in [0.05, 0.1) is 6.10 Å². The van der Waals surface area contributed by atoms with Crippen molar-refractivity contribution in [2.24, 2.45) is 0 Å². The maximum absolute atomic E-state index is 10.6. The Bertz CT molecular complexity index is 308. The van der Waals surface area contributed by atoms with Crippen LogP contribution in [0.15, 0.2) is 0 Å². The topological polar surface area (TPSA) is 40.5 Å². The van der Waals surface area contributed by atoms with Gasteiger partial charge in [0.25, 0.3) is 0 Å². The lowest BCUT2D eigenvalue weighted by Gasteiger charge is -2.38. The van der Waals surface area contributed by atoms with E-state index in [9.17, 15) is 10.2 Å². The fraction of sp³-hybridized carbons (Fsp3) is 1.00. The Balaban J connectivity index is 1.72. The molecule has 0 spiro atoms. The van der Waals surface area contributed by atoms with Crippen molar-refractivity contribution in [2.75, 3.05) is 0 Å². The van der Waals surface area contributed by atoms with Gasteiger partial charge in [-0.15, -0.1) is 0 Å². The highest BCUT2D eigenvalue weighted by atomic mass is 32.2. The van der Waals surface area contributed by atoms with Crippen LogP contribution in [0.4, 0.5) is 0 Å².